The summed E-state index contributed by atoms with van der Waals surface area (Å²) in [5.41, 5.74) is 2.32. The molecule has 1 amide bonds. The minimum Gasteiger partial charge on any atom is -0.454 e. The fourth-order valence-corrected chi connectivity index (χ4v) is 2.98. The van der Waals surface area contributed by atoms with Crippen LogP contribution in [-0.2, 0) is 20.9 Å². The summed E-state index contributed by atoms with van der Waals surface area (Å²) in [6, 6.07) is 16.9. The lowest BCUT2D eigenvalue weighted by atomic mass is 10.2. The number of carbonyl (C=O) groups is 2. The molecule has 0 bridgehead atoms. The molecule has 4 rings (SSSR count). The second-order valence-electron chi connectivity index (χ2n) is 6.75. The monoisotopic (exact) mass is 404 g/mol. The van der Waals surface area contributed by atoms with E-state index in [0.29, 0.717) is 17.2 Å². The van der Waals surface area contributed by atoms with Crippen molar-refractivity contribution in [3.8, 4) is 11.5 Å². The molecule has 1 aromatic heterocycles. The molecular formula is C23H20N2O5. The van der Waals surface area contributed by atoms with Crippen molar-refractivity contribution in [2.75, 3.05) is 6.79 Å². The third-order valence-corrected chi connectivity index (χ3v) is 4.58. The molecule has 0 saturated heterocycles. The number of nitrogens with zero attached hydrogens (tertiary/aromatic N) is 1. The predicted molar refractivity (Wildman–Crippen MR) is 111 cm³/mol. The second-order valence-corrected chi connectivity index (χ2v) is 6.75. The van der Waals surface area contributed by atoms with Crippen LogP contribution in [0.1, 0.15) is 18.2 Å². The summed E-state index contributed by atoms with van der Waals surface area (Å²) in [6.45, 7) is 2.00. The first-order valence-electron chi connectivity index (χ1n) is 9.49. The van der Waals surface area contributed by atoms with Crippen molar-refractivity contribution >= 4 is 28.9 Å². The van der Waals surface area contributed by atoms with Crippen molar-refractivity contribution in [2.45, 2.75) is 19.6 Å². The lowest BCUT2D eigenvalue weighted by molar-refractivity contribution is -0.150. The lowest BCUT2D eigenvalue weighted by Crippen LogP contribution is -2.35. The molecule has 2 aromatic carbocycles. The molecule has 1 atom stereocenters. The Morgan fingerprint density at radius 2 is 1.97 bits per heavy atom. The van der Waals surface area contributed by atoms with Crippen LogP contribution < -0.4 is 14.8 Å². The van der Waals surface area contributed by atoms with Crippen molar-refractivity contribution in [3.63, 3.8) is 0 Å². The molecule has 0 fully saturated rings. The molecule has 1 aliphatic heterocycles. The first-order chi connectivity index (χ1) is 14.6. The number of ether oxygens (including phenoxy) is 3. The summed E-state index contributed by atoms with van der Waals surface area (Å²) in [5, 5.41) is 3.76. The number of pyridine rings is 1. The lowest BCUT2D eigenvalue weighted by Gasteiger charge is -2.12. The summed E-state index contributed by atoms with van der Waals surface area (Å²) in [5.74, 6) is 0.322. The van der Waals surface area contributed by atoms with E-state index < -0.39 is 18.0 Å². The maximum Gasteiger partial charge on any atom is 0.331 e. The number of aromatic nitrogens is 1. The van der Waals surface area contributed by atoms with E-state index in [4.69, 9.17) is 14.2 Å². The third-order valence-electron chi connectivity index (χ3n) is 4.58. The van der Waals surface area contributed by atoms with Gasteiger partial charge < -0.3 is 19.5 Å². The molecule has 30 heavy (non-hydrogen) atoms. The summed E-state index contributed by atoms with van der Waals surface area (Å²) in [7, 11) is 0. The Labute approximate surface area is 173 Å². The molecule has 7 heteroatoms. The van der Waals surface area contributed by atoms with Gasteiger partial charge in [-0.15, -0.1) is 0 Å². The number of benzene rings is 2. The third kappa shape index (κ3) is 4.57. The molecular weight excluding hydrogens is 384 g/mol. The van der Waals surface area contributed by atoms with E-state index in [1.807, 2.05) is 42.5 Å². The molecule has 2 heterocycles. The van der Waals surface area contributed by atoms with Gasteiger partial charge in [-0.3, -0.25) is 4.79 Å². The summed E-state index contributed by atoms with van der Waals surface area (Å²) >= 11 is 0. The Hall–Kier alpha value is -3.87. The number of nitrogens with one attached hydrogen (secondary N) is 1. The quantitative estimate of drug-likeness (QED) is 0.501. The normalized spacial score (nSPS) is 13.4. The molecule has 152 valence electrons. The van der Waals surface area contributed by atoms with Gasteiger partial charge in [0, 0.05) is 18.0 Å². The Balaban J connectivity index is 1.28. The predicted octanol–water partition coefficient (Wildman–Crippen LogP) is 3.22. The highest BCUT2D eigenvalue weighted by Crippen LogP contribution is 2.32. The minimum atomic E-state index is -0.930. The maximum atomic E-state index is 12.2. The number of hydrogen-bond acceptors (Lipinski definition) is 6. The van der Waals surface area contributed by atoms with Gasteiger partial charge in [0.2, 0.25) is 6.79 Å². The standard InChI is InChI=1S/C23H20N2O5/c1-15(23(27)24-13-16-6-10-20-21(12-16)29-14-28-20)30-22(26)11-9-18-8-7-17-4-2-3-5-19(17)25-18/h2-12,15H,13-14H2,1H3,(H,24,27). The van der Waals surface area contributed by atoms with Gasteiger partial charge in [-0.05, 0) is 42.8 Å². The summed E-state index contributed by atoms with van der Waals surface area (Å²) in [4.78, 5) is 28.7. The number of amides is 1. The molecule has 1 N–H and O–H groups in total. The number of carbonyl (C=O) groups excluding carboxylic acids is 2. The molecule has 0 radical (unpaired) electrons. The van der Waals surface area contributed by atoms with Crippen molar-refractivity contribution in [3.05, 3.63) is 71.9 Å². The number of hydrogen-bond donors (Lipinski definition) is 1. The number of para-hydroxylation sites is 1. The van der Waals surface area contributed by atoms with Gasteiger partial charge >= 0.3 is 5.97 Å². The van der Waals surface area contributed by atoms with Gasteiger partial charge in [0.15, 0.2) is 17.6 Å². The van der Waals surface area contributed by atoms with Crippen LogP contribution in [-0.4, -0.2) is 29.8 Å². The zero-order chi connectivity index (χ0) is 20.9. The first-order valence-corrected chi connectivity index (χ1v) is 9.49. The average Bonchev–Trinajstić information content (AvgIpc) is 3.23. The van der Waals surface area contributed by atoms with Crippen LogP contribution in [0, 0.1) is 0 Å². The van der Waals surface area contributed by atoms with Crippen LogP contribution in [0.25, 0.3) is 17.0 Å². The van der Waals surface area contributed by atoms with E-state index in [0.717, 1.165) is 16.5 Å². The average molecular weight is 404 g/mol. The van der Waals surface area contributed by atoms with E-state index in [-0.39, 0.29) is 13.3 Å². The molecule has 1 unspecified atom stereocenters. The van der Waals surface area contributed by atoms with E-state index in [9.17, 15) is 9.59 Å². The van der Waals surface area contributed by atoms with Crippen LogP contribution >= 0.6 is 0 Å². The largest absolute Gasteiger partial charge is 0.454 e. The smallest absolute Gasteiger partial charge is 0.331 e. The maximum absolute atomic E-state index is 12.2. The fourth-order valence-electron chi connectivity index (χ4n) is 2.98. The molecule has 7 nitrogen and oxygen atoms in total. The Morgan fingerprint density at radius 1 is 1.13 bits per heavy atom. The molecule has 0 spiro atoms. The van der Waals surface area contributed by atoms with E-state index in [1.54, 1.807) is 18.2 Å². The number of rotatable bonds is 6. The van der Waals surface area contributed by atoms with Crippen molar-refractivity contribution < 1.29 is 23.8 Å². The van der Waals surface area contributed by atoms with Crippen LogP contribution in [0.5, 0.6) is 11.5 Å². The SMILES string of the molecule is CC(OC(=O)C=Cc1ccc2ccccc2n1)C(=O)NCc1ccc2c(c1)OCO2. The molecule has 0 aliphatic carbocycles. The van der Waals surface area contributed by atoms with Crippen LogP contribution in [0.2, 0.25) is 0 Å². The van der Waals surface area contributed by atoms with Crippen LogP contribution in [0.4, 0.5) is 0 Å². The first kappa shape index (κ1) is 19.4. The van der Waals surface area contributed by atoms with Gasteiger partial charge in [0.1, 0.15) is 0 Å². The van der Waals surface area contributed by atoms with Crippen molar-refractivity contribution in [1.82, 2.24) is 10.3 Å². The van der Waals surface area contributed by atoms with Gasteiger partial charge in [0.25, 0.3) is 5.91 Å². The highest BCUT2D eigenvalue weighted by molar-refractivity contribution is 5.90. The van der Waals surface area contributed by atoms with Gasteiger partial charge in [-0.2, -0.15) is 0 Å². The second kappa shape index (κ2) is 8.65. The Morgan fingerprint density at radius 3 is 2.87 bits per heavy atom. The van der Waals surface area contributed by atoms with E-state index in [1.165, 1.54) is 13.0 Å². The Bertz CT molecular complexity index is 1130. The molecule has 3 aromatic rings. The van der Waals surface area contributed by atoms with Gasteiger partial charge in [-0.1, -0.05) is 30.3 Å². The molecule has 0 saturated carbocycles. The van der Waals surface area contributed by atoms with Crippen molar-refractivity contribution in [2.24, 2.45) is 0 Å². The van der Waals surface area contributed by atoms with E-state index >= 15 is 0 Å². The number of fused-ring (bicyclic) bond motifs is 2. The topological polar surface area (TPSA) is 86.8 Å². The Kier molecular flexibility index (Phi) is 5.61. The zero-order valence-corrected chi connectivity index (χ0v) is 16.3. The van der Waals surface area contributed by atoms with Gasteiger partial charge in [0.05, 0.1) is 11.2 Å². The van der Waals surface area contributed by atoms with Crippen molar-refractivity contribution in [1.29, 1.82) is 0 Å². The molecule has 1 aliphatic rings. The highest BCUT2D eigenvalue weighted by Gasteiger charge is 2.17. The van der Waals surface area contributed by atoms with Crippen LogP contribution in [0.15, 0.2) is 60.7 Å². The fraction of sp³-hybridized carbons (Fsp3) is 0.174. The van der Waals surface area contributed by atoms with Gasteiger partial charge in [-0.25, -0.2) is 9.78 Å². The summed E-state index contributed by atoms with van der Waals surface area (Å²) < 4.78 is 15.7. The van der Waals surface area contributed by atoms with E-state index in [2.05, 4.69) is 10.3 Å². The van der Waals surface area contributed by atoms with Crippen LogP contribution in [0.3, 0.4) is 0 Å². The zero-order valence-electron chi connectivity index (χ0n) is 16.3. The summed E-state index contributed by atoms with van der Waals surface area (Å²) in [6.07, 6.45) is 1.89. The highest BCUT2D eigenvalue weighted by atomic mass is 16.7. The minimum absolute atomic E-state index is 0.195. The number of esters is 1.